The van der Waals surface area contributed by atoms with Crippen molar-refractivity contribution in [1.82, 2.24) is 4.90 Å². The molecule has 2 aromatic rings. The molecule has 0 unspecified atom stereocenters. The summed E-state index contributed by atoms with van der Waals surface area (Å²) in [6.07, 6.45) is 5.33. The molecule has 0 spiro atoms. The molecular weight excluding hydrogens is 286 g/mol. The summed E-state index contributed by atoms with van der Waals surface area (Å²) in [6, 6.07) is 17.4. The van der Waals surface area contributed by atoms with Gasteiger partial charge in [-0.3, -0.25) is 4.79 Å². The van der Waals surface area contributed by atoms with E-state index in [0.717, 1.165) is 19.3 Å². The second-order valence-corrected chi connectivity index (χ2v) is 6.19. The van der Waals surface area contributed by atoms with E-state index < -0.39 is 0 Å². The summed E-state index contributed by atoms with van der Waals surface area (Å²) >= 11 is 0. The Bertz CT molecular complexity index is 648. The van der Waals surface area contributed by atoms with Crippen LogP contribution in [0.2, 0.25) is 0 Å². The molecule has 120 valence electrons. The fourth-order valence-electron chi connectivity index (χ4n) is 3.37. The van der Waals surface area contributed by atoms with Crippen LogP contribution < -0.4 is 0 Å². The molecule has 23 heavy (non-hydrogen) atoms. The molecule has 1 aliphatic carbocycles. The minimum Gasteiger partial charge on any atom is -0.507 e. The largest absolute Gasteiger partial charge is 0.507 e. The molecule has 1 saturated carbocycles. The summed E-state index contributed by atoms with van der Waals surface area (Å²) in [5.74, 6) is 0.0196. The maximum absolute atomic E-state index is 12.9. The number of carbonyl (C=O) groups excluding carboxylic acids is 1. The highest BCUT2D eigenvalue weighted by molar-refractivity contribution is 5.97. The first-order valence-electron chi connectivity index (χ1n) is 8.38. The van der Waals surface area contributed by atoms with Crippen LogP contribution in [0, 0.1) is 0 Å². The molecule has 2 aromatic carbocycles. The molecule has 0 aliphatic heterocycles. The first-order chi connectivity index (χ1) is 11.3. The van der Waals surface area contributed by atoms with Gasteiger partial charge in [0.15, 0.2) is 0 Å². The Morgan fingerprint density at radius 3 is 2.35 bits per heavy atom. The molecule has 1 N–H and O–H groups in total. The number of para-hydroxylation sites is 1. The normalized spacial score (nSPS) is 14.8. The van der Waals surface area contributed by atoms with E-state index in [2.05, 4.69) is 12.1 Å². The average molecular weight is 309 g/mol. The van der Waals surface area contributed by atoms with Crippen LogP contribution in [-0.4, -0.2) is 28.5 Å². The lowest BCUT2D eigenvalue weighted by atomic mass is 10.1. The lowest BCUT2D eigenvalue weighted by molar-refractivity contribution is 0.0681. The van der Waals surface area contributed by atoms with E-state index in [-0.39, 0.29) is 11.7 Å². The molecule has 0 radical (unpaired) electrons. The Hall–Kier alpha value is -2.29. The summed E-state index contributed by atoms with van der Waals surface area (Å²) in [6.45, 7) is 0.696. The number of hydrogen-bond donors (Lipinski definition) is 1. The van der Waals surface area contributed by atoms with Crippen LogP contribution in [0.1, 0.15) is 41.6 Å². The van der Waals surface area contributed by atoms with Crippen molar-refractivity contribution in [3.63, 3.8) is 0 Å². The van der Waals surface area contributed by atoms with Crippen LogP contribution in [0.5, 0.6) is 5.75 Å². The summed E-state index contributed by atoms with van der Waals surface area (Å²) < 4.78 is 0. The van der Waals surface area contributed by atoms with E-state index in [0.29, 0.717) is 18.2 Å². The molecule has 1 amide bonds. The lowest BCUT2D eigenvalue weighted by Crippen LogP contribution is -2.40. The van der Waals surface area contributed by atoms with Crippen molar-refractivity contribution >= 4 is 5.91 Å². The standard InChI is InChI=1S/C20H23NO2/c22-19-13-7-6-12-18(19)20(23)21(17-10-4-5-11-17)15-14-16-8-2-1-3-9-16/h1-3,6-9,12-13,17,22H,4-5,10-11,14-15H2. The number of carbonyl (C=O) groups is 1. The van der Waals surface area contributed by atoms with Crippen LogP contribution in [0.3, 0.4) is 0 Å². The van der Waals surface area contributed by atoms with Crippen molar-refractivity contribution in [2.45, 2.75) is 38.1 Å². The van der Waals surface area contributed by atoms with Gasteiger partial charge in [-0.2, -0.15) is 0 Å². The first kappa shape index (κ1) is 15.6. The number of nitrogens with zero attached hydrogens (tertiary/aromatic N) is 1. The topological polar surface area (TPSA) is 40.5 Å². The van der Waals surface area contributed by atoms with Gasteiger partial charge in [0.05, 0.1) is 5.56 Å². The molecule has 3 rings (SSSR count). The molecule has 3 heteroatoms. The van der Waals surface area contributed by atoms with Gasteiger partial charge < -0.3 is 10.0 Å². The monoisotopic (exact) mass is 309 g/mol. The van der Waals surface area contributed by atoms with Crippen molar-refractivity contribution in [3.8, 4) is 5.75 Å². The van der Waals surface area contributed by atoms with Gasteiger partial charge in [0.2, 0.25) is 0 Å². The Balaban J connectivity index is 1.78. The molecule has 1 aliphatic rings. The van der Waals surface area contributed by atoms with Crippen molar-refractivity contribution in [2.75, 3.05) is 6.54 Å². The zero-order valence-corrected chi connectivity index (χ0v) is 13.3. The predicted octanol–water partition coefficient (Wildman–Crippen LogP) is 4.02. The van der Waals surface area contributed by atoms with Crippen molar-refractivity contribution in [3.05, 3.63) is 65.7 Å². The van der Waals surface area contributed by atoms with Crippen molar-refractivity contribution in [2.24, 2.45) is 0 Å². The number of amides is 1. The maximum Gasteiger partial charge on any atom is 0.257 e. The van der Waals surface area contributed by atoms with E-state index >= 15 is 0 Å². The fourth-order valence-corrected chi connectivity index (χ4v) is 3.37. The third-order valence-electron chi connectivity index (χ3n) is 4.64. The van der Waals surface area contributed by atoms with Crippen molar-refractivity contribution < 1.29 is 9.90 Å². The number of rotatable bonds is 5. The summed E-state index contributed by atoms with van der Waals surface area (Å²) in [7, 11) is 0. The smallest absolute Gasteiger partial charge is 0.257 e. The minimum absolute atomic E-state index is 0.0501. The zero-order chi connectivity index (χ0) is 16.1. The summed E-state index contributed by atoms with van der Waals surface area (Å²) in [4.78, 5) is 14.9. The van der Waals surface area contributed by atoms with Gasteiger partial charge in [-0.1, -0.05) is 55.3 Å². The van der Waals surface area contributed by atoms with Crippen LogP contribution in [0.4, 0.5) is 0 Å². The zero-order valence-electron chi connectivity index (χ0n) is 13.3. The van der Waals surface area contributed by atoms with Gasteiger partial charge in [0.1, 0.15) is 5.75 Å². The van der Waals surface area contributed by atoms with Crippen LogP contribution >= 0.6 is 0 Å². The number of aromatic hydroxyl groups is 1. The molecule has 0 bridgehead atoms. The molecular formula is C20H23NO2. The van der Waals surface area contributed by atoms with Gasteiger partial charge >= 0.3 is 0 Å². The van der Waals surface area contributed by atoms with Gasteiger partial charge in [-0.25, -0.2) is 0 Å². The Morgan fingerprint density at radius 1 is 1.00 bits per heavy atom. The summed E-state index contributed by atoms with van der Waals surface area (Å²) in [5.41, 5.74) is 1.65. The number of hydrogen-bond acceptors (Lipinski definition) is 2. The predicted molar refractivity (Wildman–Crippen MR) is 91.5 cm³/mol. The highest BCUT2D eigenvalue weighted by Gasteiger charge is 2.28. The van der Waals surface area contributed by atoms with Gasteiger partial charge in [0, 0.05) is 12.6 Å². The Morgan fingerprint density at radius 2 is 1.65 bits per heavy atom. The quantitative estimate of drug-likeness (QED) is 0.906. The summed E-state index contributed by atoms with van der Waals surface area (Å²) in [5, 5.41) is 10.0. The van der Waals surface area contributed by atoms with Crippen LogP contribution in [0.15, 0.2) is 54.6 Å². The Labute approximate surface area is 137 Å². The molecule has 3 nitrogen and oxygen atoms in total. The highest BCUT2D eigenvalue weighted by atomic mass is 16.3. The van der Waals surface area contributed by atoms with Crippen LogP contribution in [-0.2, 0) is 6.42 Å². The van der Waals surface area contributed by atoms with Gasteiger partial charge in [0.25, 0.3) is 5.91 Å². The molecule has 0 saturated heterocycles. The Kier molecular flexibility index (Phi) is 4.96. The van der Waals surface area contributed by atoms with E-state index in [4.69, 9.17) is 0 Å². The lowest BCUT2D eigenvalue weighted by Gasteiger charge is -2.29. The number of phenolic OH excluding ortho intramolecular Hbond substituents is 1. The van der Waals surface area contributed by atoms with E-state index in [1.807, 2.05) is 23.1 Å². The van der Waals surface area contributed by atoms with E-state index in [1.54, 1.807) is 24.3 Å². The number of phenols is 1. The van der Waals surface area contributed by atoms with Gasteiger partial charge in [-0.05, 0) is 37.0 Å². The maximum atomic E-state index is 12.9. The fraction of sp³-hybridized carbons (Fsp3) is 0.350. The van der Waals surface area contributed by atoms with E-state index in [9.17, 15) is 9.90 Å². The second-order valence-electron chi connectivity index (χ2n) is 6.19. The third-order valence-corrected chi connectivity index (χ3v) is 4.64. The highest BCUT2D eigenvalue weighted by Crippen LogP contribution is 2.27. The van der Waals surface area contributed by atoms with Crippen molar-refractivity contribution in [1.29, 1.82) is 0 Å². The third kappa shape index (κ3) is 3.73. The molecule has 0 atom stereocenters. The van der Waals surface area contributed by atoms with Gasteiger partial charge in [-0.15, -0.1) is 0 Å². The SMILES string of the molecule is O=C(c1ccccc1O)N(CCc1ccccc1)C1CCCC1. The first-order valence-corrected chi connectivity index (χ1v) is 8.38. The van der Waals surface area contributed by atoms with Crippen LogP contribution in [0.25, 0.3) is 0 Å². The molecule has 0 aromatic heterocycles. The average Bonchev–Trinajstić information content (AvgIpc) is 3.10. The molecule has 1 fully saturated rings. The minimum atomic E-state index is -0.0501. The van der Waals surface area contributed by atoms with E-state index in [1.165, 1.54) is 18.4 Å². The number of benzene rings is 2. The second kappa shape index (κ2) is 7.32. The molecule has 0 heterocycles.